The number of carbonyl (C=O) groups is 1. The molecule has 1 amide bonds. The standard InChI is InChI=1S/C21H22N4O3S/c1-27-17-10-4-3-8-15(17)19-23-18(24-28-19)14-7-6-12-25(13-14)21(26)16-9-5-11-22-20(16)29-2/h3-5,8-11,14H,6-7,12-13H2,1-2H3/t14-/m1/s1. The lowest BCUT2D eigenvalue weighted by Gasteiger charge is -2.31. The largest absolute Gasteiger partial charge is 0.496 e. The Morgan fingerprint density at radius 3 is 2.97 bits per heavy atom. The monoisotopic (exact) mass is 410 g/mol. The molecule has 8 heteroatoms. The number of hydrogen-bond donors (Lipinski definition) is 0. The van der Waals surface area contributed by atoms with Crippen molar-refractivity contribution in [3.63, 3.8) is 0 Å². The van der Waals surface area contributed by atoms with Gasteiger partial charge in [0.05, 0.1) is 18.2 Å². The molecule has 1 fully saturated rings. The minimum Gasteiger partial charge on any atom is -0.496 e. The topological polar surface area (TPSA) is 81.4 Å². The molecule has 0 radical (unpaired) electrons. The van der Waals surface area contributed by atoms with Crippen LogP contribution in [-0.4, -0.2) is 52.4 Å². The molecule has 3 heterocycles. The van der Waals surface area contributed by atoms with Crippen LogP contribution >= 0.6 is 11.8 Å². The van der Waals surface area contributed by atoms with E-state index in [2.05, 4.69) is 15.1 Å². The van der Waals surface area contributed by atoms with Gasteiger partial charge in [0.2, 0.25) is 0 Å². The van der Waals surface area contributed by atoms with Crippen LogP contribution in [0.1, 0.15) is 34.9 Å². The van der Waals surface area contributed by atoms with Crippen molar-refractivity contribution in [2.45, 2.75) is 23.8 Å². The lowest BCUT2D eigenvalue weighted by molar-refractivity contribution is 0.0699. The van der Waals surface area contributed by atoms with E-state index in [1.54, 1.807) is 19.4 Å². The fourth-order valence-electron chi connectivity index (χ4n) is 3.59. The molecule has 29 heavy (non-hydrogen) atoms. The highest BCUT2D eigenvalue weighted by Crippen LogP contribution is 2.32. The number of piperidine rings is 1. The molecule has 7 nitrogen and oxygen atoms in total. The smallest absolute Gasteiger partial charge is 0.261 e. The Labute approximate surface area is 173 Å². The second-order valence-corrected chi connectivity index (χ2v) is 7.60. The van der Waals surface area contributed by atoms with E-state index in [0.29, 0.717) is 29.6 Å². The summed E-state index contributed by atoms with van der Waals surface area (Å²) in [6.07, 6.45) is 5.44. The molecule has 0 spiro atoms. The molecule has 1 aliphatic rings. The predicted octanol–water partition coefficient (Wildman–Crippen LogP) is 3.88. The summed E-state index contributed by atoms with van der Waals surface area (Å²) in [6, 6.07) is 11.2. The van der Waals surface area contributed by atoms with Crippen molar-refractivity contribution < 1.29 is 14.1 Å². The minimum atomic E-state index is 0.000553. The molecular formula is C21H22N4O3S. The minimum absolute atomic E-state index is 0.000553. The Bertz CT molecular complexity index is 1010. The highest BCUT2D eigenvalue weighted by molar-refractivity contribution is 7.98. The number of methoxy groups -OCH3 is 1. The number of ether oxygens (including phenoxy) is 1. The Balaban J connectivity index is 1.53. The molecule has 150 valence electrons. The summed E-state index contributed by atoms with van der Waals surface area (Å²) in [5.74, 6) is 1.77. The van der Waals surface area contributed by atoms with Crippen LogP contribution in [0.3, 0.4) is 0 Å². The number of benzene rings is 1. The average molecular weight is 410 g/mol. The van der Waals surface area contributed by atoms with Crippen molar-refractivity contribution in [2.75, 3.05) is 26.5 Å². The van der Waals surface area contributed by atoms with Crippen LogP contribution in [0.25, 0.3) is 11.5 Å². The number of rotatable bonds is 5. The third kappa shape index (κ3) is 3.98. The zero-order chi connectivity index (χ0) is 20.2. The van der Waals surface area contributed by atoms with Crippen LogP contribution in [0.5, 0.6) is 5.75 Å². The van der Waals surface area contributed by atoms with Gasteiger partial charge in [0.15, 0.2) is 5.82 Å². The zero-order valence-electron chi connectivity index (χ0n) is 16.4. The van der Waals surface area contributed by atoms with Gasteiger partial charge >= 0.3 is 0 Å². The van der Waals surface area contributed by atoms with Crippen molar-refractivity contribution in [3.8, 4) is 17.2 Å². The second-order valence-electron chi connectivity index (χ2n) is 6.81. The first-order chi connectivity index (χ1) is 14.2. The molecule has 4 rings (SSSR count). The van der Waals surface area contributed by atoms with Crippen LogP contribution in [-0.2, 0) is 0 Å². The number of hydrogen-bond acceptors (Lipinski definition) is 7. The summed E-state index contributed by atoms with van der Waals surface area (Å²) in [4.78, 5) is 23.8. The fourth-order valence-corrected chi connectivity index (χ4v) is 4.13. The van der Waals surface area contributed by atoms with Gasteiger partial charge < -0.3 is 14.2 Å². The SMILES string of the molecule is COc1ccccc1-c1nc([C@@H]2CCCN(C(=O)c3cccnc3SC)C2)no1. The van der Waals surface area contributed by atoms with Crippen molar-refractivity contribution in [3.05, 3.63) is 54.0 Å². The van der Waals surface area contributed by atoms with Gasteiger partial charge in [-0.1, -0.05) is 17.3 Å². The van der Waals surface area contributed by atoms with Gasteiger partial charge in [0.1, 0.15) is 10.8 Å². The maximum Gasteiger partial charge on any atom is 0.261 e. The number of carbonyl (C=O) groups excluding carboxylic acids is 1. The molecule has 1 aromatic carbocycles. The summed E-state index contributed by atoms with van der Waals surface area (Å²) in [6.45, 7) is 1.28. The van der Waals surface area contributed by atoms with E-state index >= 15 is 0 Å². The predicted molar refractivity (Wildman–Crippen MR) is 110 cm³/mol. The van der Waals surface area contributed by atoms with E-state index in [-0.39, 0.29) is 11.8 Å². The summed E-state index contributed by atoms with van der Waals surface area (Å²) >= 11 is 1.48. The van der Waals surface area contributed by atoms with Crippen LogP contribution < -0.4 is 4.74 Å². The number of likely N-dealkylation sites (tertiary alicyclic amines) is 1. The molecule has 2 aromatic heterocycles. The molecular weight excluding hydrogens is 388 g/mol. The quantitative estimate of drug-likeness (QED) is 0.590. The zero-order valence-corrected chi connectivity index (χ0v) is 17.2. The number of pyridine rings is 1. The highest BCUT2D eigenvalue weighted by Gasteiger charge is 2.30. The average Bonchev–Trinajstić information content (AvgIpc) is 3.29. The molecule has 3 aromatic rings. The first-order valence-electron chi connectivity index (χ1n) is 9.46. The molecule has 0 unspecified atom stereocenters. The van der Waals surface area contributed by atoms with Crippen LogP contribution in [0.15, 0.2) is 52.1 Å². The third-order valence-corrected chi connectivity index (χ3v) is 5.76. The van der Waals surface area contributed by atoms with Gasteiger partial charge in [-0.05, 0) is 43.4 Å². The number of amides is 1. The molecule has 1 saturated heterocycles. The van der Waals surface area contributed by atoms with Gasteiger partial charge in [-0.25, -0.2) is 4.98 Å². The van der Waals surface area contributed by atoms with Gasteiger partial charge in [-0.15, -0.1) is 11.8 Å². The van der Waals surface area contributed by atoms with Gasteiger partial charge in [0.25, 0.3) is 11.8 Å². The van der Waals surface area contributed by atoms with Crippen molar-refractivity contribution in [2.24, 2.45) is 0 Å². The summed E-state index contributed by atoms with van der Waals surface area (Å²) in [5.41, 5.74) is 1.40. The Morgan fingerprint density at radius 2 is 2.14 bits per heavy atom. The molecule has 1 aliphatic heterocycles. The van der Waals surface area contributed by atoms with Gasteiger partial charge in [-0.3, -0.25) is 4.79 Å². The first kappa shape index (κ1) is 19.4. The first-order valence-corrected chi connectivity index (χ1v) is 10.7. The fraction of sp³-hybridized carbons (Fsp3) is 0.333. The van der Waals surface area contributed by atoms with Gasteiger partial charge in [-0.2, -0.15) is 4.98 Å². The summed E-state index contributed by atoms with van der Waals surface area (Å²) in [5, 5.41) is 4.94. The van der Waals surface area contributed by atoms with E-state index in [9.17, 15) is 4.79 Å². The number of aromatic nitrogens is 3. The maximum atomic E-state index is 13.1. The second kappa shape index (κ2) is 8.65. The molecule has 0 saturated carbocycles. The number of nitrogens with zero attached hydrogens (tertiary/aromatic N) is 4. The lowest BCUT2D eigenvalue weighted by Crippen LogP contribution is -2.39. The van der Waals surface area contributed by atoms with E-state index in [1.807, 2.05) is 41.5 Å². The van der Waals surface area contributed by atoms with Crippen LogP contribution in [0.4, 0.5) is 0 Å². The maximum absolute atomic E-state index is 13.1. The summed E-state index contributed by atoms with van der Waals surface area (Å²) in [7, 11) is 1.61. The third-order valence-electron chi connectivity index (χ3n) is 5.05. The van der Waals surface area contributed by atoms with E-state index in [4.69, 9.17) is 9.26 Å². The van der Waals surface area contributed by atoms with Crippen molar-refractivity contribution in [1.82, 2.24) is 20.0 Å². The molecule has 0 aliphatic carbocycles. The lowest BCUT2D eigenvalue weighted by atomic mass is 9.97. The van der Waals surface area contributed by atoms with Crippen LogP contribution in [0, 0.1) is 0 Å². The molecule has 0 N–H and O–H groups in total. The van der Waals surface area contributed by atoms with E-state index in [0.717, 1.165) is 30.0 Å². The number of thioether (sulfide) groups is 1. The Morgan fingerprint density at radius 1 is 1.28 bits per heavy atom. The normalized spacial score (nSPS) is 16.6. The Kier molecular flexibility index (Phi) is 5.80. The number of para-hydroxylation sites is 1. The van der Waals surface area contributed by atoms with E-state index < -0.39 is 0 Å². The Hall–Kier alpha value is -2.87. The van der Waals surface area contributed by atoms with Crippen molar-refractivity contribution >= 4 is 17.7 Å². The summed E-state index contributed by atoms with van der Waals surface area (Å²) < 4.78 is 10.9. The molecule has 0 bridgehead atoms. The van der Waals surface area contributed by atoms with Gasteiger partial charge in [0, 0.05) is 25.2 Å². The van der Waals surface area contributed by atoms with Crippen molar-refractivity contribution in [1.29, 1.82) is 0 Å². The van der Waals surface area contributed by atoms with E-state index in [1.165, 1.54) is 11.8 Å². The molecule has 1 atom stereocenters. The highest BCUT2D eigenvalue weighted by atomic mass is 32.2. The van der Waals surface area contributed by atoms with Crippen LogP contribution in [0.2, 0.25) is 0 Å².